The van der Waals surface area contributed by atoms with Crippen molar-refractivity contribution in [3.05, 3.63) is 46.6 Å². The van der Waals surface area contributed by atoms with Gasteiger partial charge in [0, 0.05) is 11.4 Å². The third-order valence-corrected chi connectivity index (χ3v) is 6.66. The average Bonchev–Trinajstić information content (AvgIpc) is 2.83. The van der Waals surface area contributed by atoms with Gasteiger partial charge in [-0.05, 0) is 49.7 Å². The molecule has 0 atom stereocenters. The van der Waals surface area contributed by atoms with Gasteiger partial charge in [-0.3, -0.25) is 4.31 Å². The lowest BCUT2D eigenvalue weighted by molar-refractivity contribution is 0.285. The molecular formula is C14H16FNO3S2. The van der Waals surface area contributed by atoms with Crippen molar-refractivity contribution in [2.24, 2.45) is 0 Å². The molecule has 114 valence electrons. The number of nitrogens with zero attached hydrogens (tertiary/aromatic N) is 1. The minimum Gasteiger partial charge on any atom is -0.391 e. The molecule has 4 nitrogen and oxygen atoms in total. The molecule has 0 radical (unpaired) electrons. The van der Waals surface area contributed by atoms with E-state index in [9.17, 15) is 17.9 Å². The molecular weight excluding hydrogens is 313 g/mol. The highest BCUT2D eigenvalue weighted by atomic mass is 32.2. The Morgan fingerprint density at radius 1 is 1.29 bits per heavy atom. The first-order valence-corrected chi connectivity index (χ1v) is 8.64. The number of hydrogen-bond acceptors (Lipinski definition) is 4. The first-order valence-electron chi connectivity index (χ1n) is 6.38. The fourth-order valence-electron chi connectivity index (χ4n) is 1.98. The molecule has 0 unspecified atom stereocenters. The van der Waals surface area contributed by atoms with E-state index < -0.39 is 15.8 Å². The molecule has 21 heavy (non-hydrogen) atoms. The lowest BCUT2D eigenvalue weighted by Crippen LogP contribution is -2.30. The Morgan fingerprint density at radius 3 is 2.38 bits per heavy atom. The quantitative estimate of drug-likeness (QED) is 0.917. The SMILES string of the molecule is CCN(c1ccc(F)cc1)S(=O)(=O)c1cc(C)c(CO)s1. The van der Waals surface area contributed by atoms with Crippen LogP contribution in [-0.2, 0) is 16.6 Å². The molecule has 0 bridgehead atoms. The Kier molecular flexibility index (Phi) is 4.65. The lowest BCUT2D eigenvalue weighted by atomic mass is 10.3. The minimum absolute atomic E-state index is 0.176. The topological polar surface area (TPSA) is 57.6 Å². The highest BCUT2D eigenvalue weighted by molar-refractivity contribution is 7.94. The van der Waals surface area contributed by atoms with Gasteiger partial charge in [0.15, 0.2) is 0 Å². The van der Waals surface area contributed by atoms with E-state index in [1.807, 2.05) is 0 Å². The van der Waals surface area contributed by atoms with Gasteiger partial charge < -0.3 is 5.11 Å². The van der Waals surface area contributed by atoms with E-state index in [1.165, 1.54) is 28.6 Å². The van der Waals surface area contributed by atoms with Crippen molar-refractivity contribution >= 4 is 27.0 Å². The van der Waals surface area contributed by atoms with E-state index in [2.05, 4.69) is 0 Å². The molecule has 0 aliphatic rings. The standard InChI is InChI=1S/C14H16FNO3S2/c1-3-16(12-6-4-11(15)5-7-12)21(18,19)14-8-10(2)13(9-17)20-14/h4-8,17H,3,9H2,1-2H3. The van der Waals surface area contributed by atoms with Crippen LogP contribution in [0.1, 0.15) is 17.4 Å². The Morgan fingerprint density at radius 2 is 1.90 bits per heavy atom. The van der Waals surface area contributed by atoms with Crippen molar-refractivity contribution < 1.29 is 17.9 Å². The molecule has 7 heteroatoms. The van der Waals surface area contributed by atoms with E-state index in [-0.39, 0.29) is 17.4 Å². The van der Waals surface area contributed by atoms with Crippen molar-refractivity contribution in [3.63, 3.8) is 0 Å². The fourth-order valence-corrected chi connectivity index (χ4v) is 5.02. The summed E-state index contributed by atoms with van der Waals surface area (Å²) >= 11 is 1.05. The molecule has 0 spiro atoms. The molecule has 2 rings (SSSR count). The van der Waals surface area contributed by atoms with Gasteiger partial charge in [-0.2, -0.15) is 0 Å². The normalized spacial score (nSPS) is 11.6. The molecule has 1 aromatic heterocycles. The zero-order chi connectivity index (χ0) is 15.6. The largest absolute Gasteiger partial charge is 0.391 e. The van der Waals surface area contributed by atoms with Gasteiger partial charge in [0.05, 0.1) is 12.3 Å². The number of benzene rings is 1. The average molecular weight is 329 g/mol. The molecule has 1 heterocycles. The summed E-state index contributed by atoms with van der Waals surface area (Å²) in [6, 6.07) is 6.88. The number of aryl methyl sites for hydroxylation is 1. The summed E-state index contributed by atoms with van der Waals surface area (Å²) < 4.78 is 39.8. The monoisotopic (exact) mass is 329 g/mol. The maximum Gasteiger partial charge on any atom is 0.273 e. The van der Waals surface area contributed by atoms with Crippen LogP contribution in [0.2, 0.25) is 0 Å². The van der Waals surface area contributed by atoms with Crippen molar-refractivity contribution in [3.8, 4) is 0 Å². The molecule has 0 aliphatic carbocycles. The van der Waals surface area contributed by atoms with Crippen molar-refractivity contribution in [1.82, 2.24) is 0 Å². The number of hydrogen-bond donors (Lipinski definition) is 1. The zero-order valence-corrected chi connectivity index (χ0v) is 13.3. The number of thiophene rings is 1. The first kappa shape index (κ1) is 15.9. The lowest BCUT2D eigenvalue weighted by Gasteiger charge is -2.21. The summed E-state index contributed by atoms with van der Waals surface area (Å²) in [5, 5.41) is 9.20. The highest BCUT2D eigenvalue weighted by Gasteiger charge is 2.26. The van der Waals surface area contributed by atoms with Crippen LogP contribution in [0.3, 0.4) is 0 Å². The summed E-state index contributed by atoms with van der Waals surface area (Å²) in [6.45, 7) is 3.53. The van der Waals surface area contributed by atoms with Crippen LogP contribution >= 0.6 is 11.3 Å². The second-order valence-electron chi connectivity index (χ2n) is 4.48. The van der Waals surface area contributed by atoms with Gasteiger partial charge in [-0.1, -0.05) is 0 Å². The number of rotatable bonds is 5. The number of aliphatic hydroxyl groups is 1. The number of sulfonamides is 1. The molecule has 2 aromatic rings. The van der Waals surface area contributed by atoms with Crippen LogP contribution in [-0.4, -0.2) is 20.1 Å². The molecule has 0 amide bonds. The van der Waals surface area contributed by atoms with Crippen LogP contribution < -0.4 is 4.31 Å². The summed E-state index contributed by atoms with van der Waals surface area (Å²) in [6.07, 6.45) is 0. The molecule has 0 fully saturated rings. The van der Waals surface area contributed by atoms with E-state index in [0.717, 1.165) is 16.9 Å². The van der Waals surface area contributed by atoms with Crippen molar-refractivity contribution in [1.29, 1.82) is 0 Å². The zero-order valence-electron chi connectivity index (χ0n) is 11.7. The van der Waals surface area contributed by atoms with Crippen molar-refractivity contribution in [2.45, 2.75) is 24.7 Å². The van der Waals surface area contributed by atoms with Gasteiger partial charge in [-0.25, -0.2) is 12.8 Å². The van der Waals surface area contributed by atoms with E-state index in [4.69, 9.17) is 0 Å². The summed E-state index contributed by atoms with van der Waals surface area (Å²) in [7, 11) is -3.71. The van der Waals surface area contributed by atoms with E-state index in [1.54, 1.807) is 19.9 Å². The molecule has 1 N–H and O–H groups in total. The Bertz CT molecular complexity index is 723. The van der Waals surface area contributed by atoms with Gasteiger partial charge in [0.1, 0.15) is 10.0 Å². The Labute approximate surface area is 127 Å². The first-order chi connectivity index (χ1) is 9.90. The van der Waals surface area contributed by atoms with Crippen LogP contribution in [0.15, 0.2) is 34.5 Å². The summed E-state index contributed by atoms with van der Waals surface area (Å²) in [5.74, 6) is -0.415. The van der Waals surface area contributed by atoms with Crippen LogP contribution in [0.25, 0.3) is 0 Å². The predicted octanol–water partition coefficient (Wildman–Crippen LogP) is 2.90. The maximum atomic E-state index is 13.0. The highest BCUT2D eigenvalue weighted by Crippen LogP contribution is 2.31. The number of anilines is 1. The van der Waals surface area contributed by atoms with Crippen LogP contribution in [0.4, 0.5) is 10.1 Å². The maximum absolute atomic E-state index is 13.0. The smallest absolute Gasteiger partial charge is 0.273 e. The molecule has 1 aromatic carbocycles. The summed E-state index contributed by atoms with van der Waals surface area (Å²) in [4.78, 5) is 0.628. The third-order valence-electron chi connectivity index (χ3n) is 3.09. The predicted molar refractivity (Wildman–Crippen MR) is 81.6 cm³/mol. The Balaban J connectivity index is 2.46. The van der Waals surface area contributed by atoms with Crippen molar-refractivity contribution in [2.75, 3.05) is 10.8 Å². The van der Waals surface area contributed by atoms with E-state index >= 15 is 0 Å². The molecule has 0 saturated heterocycles. The number of aliphatic hydroxyl groups excluding tert-OH is 1. The van der Waals surface area contributed by atoms with Crippen LogP contribution in [0.5, 0.6) is 0 Å². The minimum atomic E-state index is -3.71. The fraction of sp³-hybridized carbons (Fsp3) is 0.286. The van der Waals surface area contributed by atoms with Gasteiger partial charge in [-0.15, -0.1) is 11.3 Å². The van der Waals surface area contributed by atoms with E-state index in [0.29, 0.717) is 10.6 Å². The van der Waals surface area contributed by atoms with Gasteiger partial charge >= 0.3 is 0 Å². The third kappa shape index (κ3) is 3.09. The second kappa shape index (κ2) is 6.13. The van der Waals surface area contributed by atoms with Crippen LogP contribution in [0, 0.1) is 12.7 Å². The molecule has 0 saturated carbocycles. The van der Waals surface area contributed by atoms with Gasteiger partial charge in [0.25, 0.3) is 10.0 Å². The second-order valence-corrected chi connectivity index (χ2v) is 7.70. The molecule has 0 aliphatic heterocycles. The number of halogens is 1. The Hall–Kier alpha value is -1.44. The summed E-state index contributed by atoms with van der Waals surface area (Å²) in [5.41, 5.74) is 1.16. The van der Waals surface area contributed by atoms with Gasteiger partial charge in [0.2, 0.25) is 0 Å².